The molecular formula is C21H28FN3O. The van der Waals surface area contributed by atoms with Crippen molar-refractivity contribution in [2.24, 2.45) is 4.99 Å². The van der Waals surface area contributed by atoms with Crippen LogP contribution in [0.25, 0.3) is 0 Å². The predicted molar refractivity (Wildman–Crippen MR) is 105 cm³/mol. The third-order valence-corrected chi connectivity index (χ3v) is 3.80. The van der Waals surface area contributed by atoms with Crippen LogP contribution in [0.15, 0.2) is 59.6 Å². The van der Waals surface area contributed by atoms with Crippen LogP contribution in [0.1, 0.15) is 30.9 Å². The number of nitrogens with one attached hydrogen (secondary N) is 2. The number of rotatable bonds is 10. The Morgan fingerprint density at radius 3 is 2.46 bits per heavy atom. The van der Waals surface area contributed by atoms with Gasteiger partial charge in [-0.1, -0.05) is 42.5 Å². The molecule has 2 rings (SSSR count). The van der Waals surface area contributed by atoms with E-state index in [4.69, 9.17) is 4.74 Å². The van der Waals surface area contributed by atoms with Gasteiger partial charge in [-0.15, -0.1) is 0 Å². The van der Waals surface area contributed by atoms with Crippen LogP contribution in [0.2, 0.25) is 0 Å². The van der Waals surface area contributed by atoms with Crippen LogP contribution in [-0.4, -0.2) is 25.7 Å². The highest BCUT2D eigenvalue weighted by molar-refractivity contribution is 5.79. The number of nitrogens with zero attached hydrogens (tertiary/aromatic N) is 1. The van der Waals surface area contributed by atoms with Gasteiger partial charge >= 0.3 is 0 Å². The highest BCUT2D eigenvalue weighted by Crippen LogP contribution is 2.04. The quantitative estimate of drug-likeness (QED) is 0.385. The average Bonchev–Trinajstić information content (AvgIpc) is 2.67. The maximum absolute atomic E-state index is 12.9. The molecule has 140 valence electrons. The second-order valence-corrected chi connectivity index (χ2v) is 5.99. The van der Waals surface area contributed by atoms with Crippen LogP contribution in [0.3, 0.4) is 0 Å². The molecule has 2 aromatic carbocycles. The Bertz CT molecular complexity index is 644. The van der Waals surface area contributed by atoms with Gasteiger partial charge < -0.3 is 15.4 Å². The summed E-state index contributed by atoms with van der Waals surface area (Å²) in [5, 5.41) is 6.54. The molecule has 0 aliphatic heterocycles. The molecule has 2 N–H and O–H groups in total. The van der Waals surface area contributed by atoms with Crippen molar-refractivity contribution in [3.8, 4) is 0 Å². The van der Waals surface area contributed by atoms with Gasteiger partial charge in [-0.3, -0.25) is 0 Å². The van der Waals surface area contributed by atoms with Crippen LogP contribution < -0.4 is 10.6 Å². The minimum atomic E-state index is -0.225. The minimum absolute atomic E-state index is 0.225. The van der Waals surface area contributed by atoms with E-state index in [0.29, 0.717) is 13.2 Å². The van der Waals surface area contributed by atoms with Crippen molar-refractivity contribution < 1.29 is 9.13 Å². The number of unbranched alkanes of at least 4 members (excludes halogenated alkanes) is 1. The van der Waals surface area contributed by atoms with Crippen LogP contribution >= 0.6 is 0 Å². The minimum Gasteiger partial charge on any atom is -0.377 e. The third-order valence-electron chi connectivity index (χ3n) is 3.80. The zero-order valence-corrected chi connectivity index (χ0v) is 15.4. The van der Waals surface area contributed by atoms with Crippen molar-refractivity contribution in [1.82, 2.24) is 10.6 Å². The maximum Gasteiger partial charge on any atom is 0.191 e. The number of ether oxygens (including phenoxy) is 1. The van der Waals surface area contributed by atoms with Gasteiger partial charge in [0, 0.05) is 19.7 Å². The predicted octanol–water partition coefficient (Wildman–Crippen LogP) is 3.88. The molecule has 0 radical (unpaired) electrons. The number of hydrogen-bond donors (Lipinski definition) is 2. The molecule has 0 atom stereocenters. The molecule has 0 aliphatic carbocycles. The summed E-state index contributed by atoms with van der Waals surface area (Å²) in [4.78, 5) is 4.53. The van der Waals surface area contributed by atoms with E-state index in [2.05, 4.69) is 27.8 Å². The molecule has 2 aromatic rings. The normalized spacial score (nSPS) is 11.4. The van der Waals surface area contributed by atoms with E-state index in [1.54, 1.807) is 12.1 Å². The largest absolute Gasteiger partial charge is 0.377 e. The van der Waals surface area contributed by atoms with Crippen molar-refractivity contribution in [1.29, 1.82) is 0 Å². The Kier molecular flexibility index (Phi) is 9.22. The second kappa shape index (κ2) is 12.0. The second-order valence-electron chi connectivity index (χ2n) is 5.99. The first kappa shape index (κ1) is 19.9. The van der Waals surface area contributed by atoms with Gasteiger partial charge in [0.05, 0.1) is 13.2 Å². The monoisotopic (exact) mass is 357 g/mol. The number of benzene rings is 2. The molecule has 5 heteroatoms. The van der Waals surface area contributed by atoms with Gasteiger partial charge in [0.1, 0.15) is 5.82 Å². The molecule has 0 heterocycles. The first-order valence-corrected chi connectivity index (χ1v) is 9.16. The van der Waals surface area contributed by atoms with Crippen molar-refractivity contribution in [3.05, 3.63) is 71.5 Å². The maximum atomic E-state index is 12.9. The van der Waals surface area contributed by atoms with Crippen LogP contribution in [0, 0.1) is 5.82 Å². The summed E-state index contributed by atoms with van der Waals surface area (Å²) in [6.07, 6.45) is 2.01. The highest BCUT2D eigenvalue weighted by Gasteiger charge is 1.98. The summed E-state index contributed by atoms with van der Waals surface area (Å²) in [7, 11) is 0. The lowest BCUT2D eigenvalue weighted by molar-refractivity contribution is 0.117. The molecule has 0 spiro atoms. The van der Waals surface area contributed by atoms with Crippen LogP contribution in [0.4, 0.5) is 4.39 Å². The van der Waals surface area contributed by atoms with E-state index in [-0.39, 0.29) is 5.82 Å². The van der Waals surface area contributed by atoms with Crippen molar-refractivity contribution in [3.63, 3.8) is 0 Å². The fourth-order valence-corrected chi connectivity index (χ4v) is 2.40. The van der Waals surface area contributed by atoms with E-state index >= 15 is 0 Å². The lowest BCUT2D eigenvalue weighted by Crippen LogP contribution is -2.37. The molecule has 0 amide bonds. The highest BCUT2D eigenvalue weighted by atomic mass is 19.1. The lowest BCUT2D eigenvalue weighted by Gasteiger charge is -2.11. The summed E-state index contributed by atoms with van der Waals surface area (Å²) in [6, 6.07) is 16.6. The standard InChI is InChI=1S/C21H28FN3O/c1-2-23-21(25-16-18-10-12-20(22)13-11-18)24-14-6-7-15-26-17-19-8-4-3-5-9-19/h3-5,8-13H,2,6-7,14-17H2,1H3,(H2,23,24,25). The van der Waals surface area contributed by atoms with E-state index in [9.17, 15) is 4.39 Å². The van der Waals surface area contributed by atoms with Gasteiger partial charge in [0.25, 0.3) is 0 Å². The number of halogens is 1. The SMILES string of the molecule is CCNC(=NCc1ccc(F)cc1)NCCCCOCc1ccccc1. The Hall–Kier alpha value is -2.40. The van der Waals surface area contributed by atoms with Crippen molar-refractivity contribution >= 4 is 5.96 Å². The van der Waals surface area contributed by atoms with Crippen LogP contribution in [-0.2, 0) is 17.9 Å². The van der Waals surface area contributed by atoms with E-state index in [1.807, 2.05) is 25.1 Å². The molecule has 4 nitrogen and oxygen atoms in total. The Morgan fingerprint density at radius 1 is 0.962 bits per heavy atom. The Labute approximate surface area is 155 Å². The van der Waals surface area contributed by atoms with Gasteiger partial charge in [-0.2, -0.15) is 0 Å². The summed E-state index contributed by atoms with van der Waals surface area (Å²) in [5.41, 5.74) is 2.19. The number of guanidine groups is 1. The van der Waals surface area contributed by atoms with E-state index in [0.717, 1.165) is 44.1 Å². The first-order valence-electron chi connectivity index (χ1n) is 9.16. The Morgan fingerprint density at radius 2 is 1.73 bits per heavy atom. The van der Waals surface area contributed by atoms with Crippen molar-refractivity contribution in [2.75, 3.05) is 19.7 Å². The first-order chi connectivity index (χ1) is 12.8. The summed E-state index contributed by atoms with van der Waals surface area (Å²) in [5.74, 6) is 0.555. The molecule has 0 aromatic heterocycles. The number of aliphatic imine (C=N–C) groups is 1. The third kappa shape index (κ3) is 8.12. The van der Waals surface area contributed by atoms with E-state index < -0.39 is 0 Å². The summed E-state index contributed by atoms with van der Waals surface area (Å²) in [6.45, 7) is 5.61. The fraction of sp³-hybridized carbons (Fsp3) is 0.381. The topological polar surface area (TPSA) is 45.7 Å². The molecule has 0 saturated heterocycles. The molecule has 0 aliphatic rings. The molecule has 0 unspecified atom stereocenters. The lowest BCUT2D eigenvalue weighted by atomic mass is 10.2. The fourth-order valence-electron chi connectivity index (χ4n) is 2.40. The Balaban J connectivity index is 1.61. The van der Waals surface area contributed by atoms with Gasteiger partial charge in [-0.25, -0.2) is 9.38 Å². The van der Waals surface area contributed by atoms with Gasteiger partial charge in [0.15, 0.2) is 5.96 Å². The average molecular weight is 357 g/mol. The molecule has 0 bridgehead atoms. The zero-order valence-electron chi connectivity index (χ0n) is 15.4. The van der Waals surface area contributed by atoms with Crippen LogP contribution in [0.5, 0.6) is 0 Å². The van der Waals surface area contributed by atoms with E-state index in [1.165, 1.54) is 17.7 Å². The van der Waals surface area contributed by atoms with Gasteiger partial charge in [-0.05, 0) is 43.0 Å². The molecule has 0 saturated carbocycles. The van der Waals surface area contributed by atoms with Gasteiger partial charge in [0.2, 0.25) is 0 Å². The molecular weight excluding hydrogens is 329 g/mol. The zero-order chi connectivity index (χ0) is 18.5. The smallest absolute Gasteiger partial charge is 0.191 e. The van der Waals surface area contributed by atoms with Crippen molar-refractivity contribution in [2.45, 2.75) is 32.9 Å². The molecule has 0 fully saturated rings. The molecule has 26 heavy (non-hydrogen) atoms. The summed E-state index contributed by atoms with van der Waals surface area (Å²) < 4.78 is 18.6. The number of hydrogen-bond acceptors (Lipinski definition) is 2. The summed E-state index contributed by atoms with van der Waals surface area (Å²) >= 11 is 0.